The van der Waals surface area contributed by atoms with Crippen molar-refractivity contribution in [3.63, 3.8) is 0 Å². The van der Waals surface area contributed by atoms with Crippen LogP contribution in [-0.4, -0.2) is 5.84 Å². The van der Waals surface area contributed by atoms with Crippen LogP contribution < -0.4 is 5.32 Å². The highest BCUT2D eigenvalue weighted by Crippen LogP contribution is 2.26. The van der Waals surface area contributed by atoms with Gasteiger partial charge in [-0.25, -0.2) is 10.3 Å². The van der Waals surface area contributed by atoms with E-state index >= 15 is 0 Å². The molecule has 0 aromatic carbocycles. The molecule has 2 rings (SSSR count). The van der Waals surface area contributed by atoms with Crippen LogP contribution in [0.1, 0.15) is 39.0 Å². The molecule has 1 saturated carbocycles. The molecule has 1 radical (unpaired) electrons. The minimum atomic E-state index is 0.660. The number of rotatable bonds is 1. The van der Waals surface area contributed by atoms with Gasteiger partial charge in [-0.05, 0) is 19.8 Å². The van der Waals surface area contributed by atoms with E-state index < -0.39 is 0 Å². The van der Waals surface area contributed by atoms with E-state index in [1.807, 2.05) is 13.1 Å². The van der Waals surface area contributed by atoms with Crippen molar-refractivity contribution in [1.82, 2.24) is 5.32 Å². The molecular formula is C10H15N2. The van der Waals surface area contributed by atoms with E-state index in [1.54, 1.807) is 0 Å². The van der Waals surface area contributed by atoms with Gasteiger partial charge in [0.2, 0.25) is 0 Å². The van der Waals surface area contributed by atoms with Crippen LogP contribution in [0.4, 0.5) is 0 Å². The van der Waals surface area contributed by atoms with Crippen LogP contribution in [0.3, 0.4) is 0 Å². The zero-order valence-electron chi connectivity index (χ0n) is 7.58. The van der Waals surface area contributed by atoms with Gasteiger partial charge in [-0.2, -0.15) is 0 Å². The van der Waals surface area contributed by atoms with Crippen molar-refractivity contribution in [1.29, 1.82) is 0 Å². The molecule has 0 amide bonds. The third-order valence-corrected chi connectivity index (χ3v) is 2.64. The summed E-state index contributed by atoms with van der Waals surface area (Å²) >= 11 is 0. The van der Waals surface area contributed by atoms with Crippen molar-refractivity contribution in [2.75, 3.05) is 0 Å². The first kappa shape index (κ1) is 7.84. The Morgan fingerprint density at radius 3 is 2.58 bits per heavy atom. The lowest BCUT2D eigenvalue weighted by molar-refractivity contribution is 0.435. The Morgan fingerprint density at radius 2 is 2.00 bits per heavy atom. The molecule has 1 aliphatic heterocycles. The molecule has 0 aromatic rings. The molecule has 65 valence electrons. The summed E-state index contributed by atoms with van der Waals surface area (Å²) in [6.07, 6.45) is 8.59. The Kier molecular flexibility index (Phi) is 2.15. The van der Waals surface area contributed by atoms with Gasteiger partial charge in [-0.1, -0.05) is 19.3 Å². The Balaban J connectivity index is 1.96. The zero-order chi connectivity index (χ0) is 8.39. The number of aliphatic imine (C=N–C) groups is 1. The number of hydrogen-bond donors (Lipinski definition) is 0. The van der Waals surface area contributed by atoms with Gasteiger partial charge < -0.3 is 0 Å². The summed E-state index contributed by atoms with van der Waals surface area (Å²) in [7, 11) is 0. The standard InChI is InChI=1S/C10H15N2/c1-8-7-11-10(12-8)9-5-3-2-4-6-9/h7,9H,2-6H2,1H3. The molecule has 0 saturated heterocycles. The number of nitrogens with zero attached hydrogens (tertiary/aromatic N) is 2. The van der Waals surface area contributed by atoms with Crippen LogP contribution in [-0.2, 0) is 0 Å². The first-order chi connectivity index (χ1) is 5.86. The second-order valence-electron chi connectivity index (χ2n) is 3.70. The summed E-state index contributed by atoms with van der Waals surface area (Å²) in [5.41, 5.74) is 1.07. The van der Waals surface area contributed by atoms with Gasteiger partial charge in [0.25, 0.3) is 0 Å². The van der Waals surface area contributed by atoms with Gasteiger partial charge >= 0.3 is 0 Å². The molecule has 2 aliphatic rings. The molecule has 0 N–H and O–H groups in total. The van der Waals surface area contributed by atoms with Crippen molar-refractivity contribution in [3.8, 4) is 0 Å². The minimum Gasteiger partial charge on any atom is -0.239 e. The first-order valence-electron chi connectivity index (χ1n) is 4.82. The largest absolute Gasteiger partial charge is 0.239 e. The fraction of sp³-hybridized carbons (Fsp3) is 0.700. The molecule has 2 heteroatoms. The molecule has 1 fully saturated rings. The van der Waals surface area contributed by atoms with E-state index in [0.29, 0.717) is 5.92 Å². The molecule has 0 aromatic heterocycles. The molecule has 0 spiro atoms. The zero-order valence-corrected chi connectivity index (χ0v) is 7.58. The second kappa shape index (κ2) is 3.30. The Hall–Kier alpha value is -0.790. The average molecular weight is 163 g/mol. The van der Waals surface area contributed by atoms with Crippen molar-refractivity contribution in [3.05, 3.63) is 11.9 Å². The highest BCUT2D eigenvalue weighted by atomic mass is 15.0. The fourth-order valence-electron chi connectivity index (χ4n) is 1.96. The maximum atomic E-state index is 4.42. The smallest absolute Gasteiger partial charge is 0.131 e. The molecule has 1 heterocycles. The minimum absolute atomic E-state index is 0.660. The molecular weight excluding hydrogens is 148 g/mol. The predicted octanol–water partition coefficient (Wildman–Crippen LogP) is 2.44. The third-order valence-electron chi connectivity index (χ3n) is 2.64. The van der Waals surface area contributed by atoms with Gasteiger partial charge in [-0.3, -0.25) is 0 Å². The summed E-state index contributed by atoms with van der Waals surface area (Å²) < 4.78 is 0. The predicted molar refractivity (Wildman–Crippen MR) is 49.9 cm³/mol. The second-order valence-corrected chi connectivity index (χ2v) is 3.70. The summed E-state index contributed by atoms with van der Waals surface area (Å²) in [4.78, 5) is 4.42. The topological polar surface area (TPSA) is 26.5 Å². The molecule has 0 unspecified atom stereocenters. The van der Waals surface area contributed by atoms with Crippen molar-refractivity contribution >= 4 is 5.84 Å². The highest BCUT2D eigenvalue weighted by molar-refractivity contribution is 5.87. The number of allylic oxidation sites excluding steroid dienone is 1. The van der Waals surface area contributed by atoms with Crippen molar-refractivity contribution in [2.45, 2.75) is 39.0 Å². The monoisotopic (exact) mass is 163 g/mol. The van der Waals surface area contributed by atoms with Crippen LogP contribution in [0.25, 0.3) is 0 Å². The van der Waals surface area contributed by atoms with E-state index in [2.05, 4.69) is 10.3 Å². The lowest BCUT2D eigenvalue weighted by atomic mass is 9.88. The Morgan fingerprint density at radius 1 is 1.25 bits per heavy atom. The maximum Gasteiger partial charge on any atom is 0.131 e. The summed E-state index contributed by atoms with van der Waals surface area (Å²) in [5, 5.41) is 4.33. The lowest BCUT2D eigenvalue weighted by Crippen LogP contribution is -2.21. The Bertz CT molecular complexity index is 222. The van der Waals surface area contributed by atoms with E-state index in [9.17, 15) is 0 Å². The van der Waals surface area contributed by atoms with Crippen molar-refractivity contribution in [2.24, 2.45) is 10.9 Å². The van der Waals surface area contributed by atoms with E-state index in [4.69, 9.17) is 0 Å². The molecule has 1 aliphatic carbocycles. The van der Waals surface area contributed by atoms with Crippen molar-refractivity contribution < 1.29 is 0 Å². The van der Waals surface area contributed by atoms with Gasteiger partial charge in [0.15, 0.2) is 0 Å². The Labute approximate surface area is 73.8 Å². The fourth-order valence-corrected chi connectivity index (χ4v) is 1.96. The average Bonchev–Trinajstić information content (AvgIpc) is 2.54. The number of amidine groups is 1. The summed E-state index contributed by atoms with van der Waals surface area (Å²) in [6, 6.07) is 0. The normalized spacial score (nSPS) is 24.8. The van der Waals surface area contributed by atoms with Crippen LogP contribution >= 0.6 is 0 Å². The highest BCUT2D eigenvalue weighted by Gasteiger charge is 2.21. The SMILES string of the molecule is CC1=C[N]C(C2CCCCC2)=N1. The van der Waals surface area contributed by atoms with E-state index in [1.165, 1.54) is 32.1 Å². The third kappa shape index (κ3) is 1.52. The number of hydrogen-bond acceptors (Lipinski definition) is 1. The van der Waals surface area contributed by atoms with Crippen LogP contribution in [0.2, 0.25) is 0 Å². The maximum absolute atomic E-state index is 4.42. The molecule has 0 atom stereocenters. The van der Waals surface area contributed by atoms with E-state index in [-0.39, 0.29) is 0 Å². The summed E-state index contributed by atoms with van der Waals surface area (Å²) in [6.45, 7) is 2.01. The lowest BCUT2D eigenvalue weighted by Gasteiger charge is -2.20. The molecule has 12 heavy (non-hydrogen) atoms. The van der Waals surface area contributed by atoms with E-state index in [0.717, 1.165) is 11.5 Å². The molecule has 2 nitrogen and oxygen atoms in total. The van der Waals surface area contributed by atoms with Crippen LogP contribution in [0, 0.1) is 5.92 Å². The van der Waals surface area contributed by atoms with Crippen LogP contribution in [0.15, 0.2) is 16.9 Å². The van der Waals surface area contributed by atoms with Gasteiger partial charge in [0.1, 0.15) is 5.84 Å². The van der Waals surface area contributed by atoms with Crippen LogP contribution in [0.5, 0.6) is 0 Å². The summed E-state index contributed by atoms with van der Waals surface area (Å²) in [5.74, 6) is 1.75. The first-order valence-corrected chi connectivity index (χ1v) is 4.82. The quantitative estimate of drug-likeness (QED) is 0.567. The molecule has 0 bridgehead atoms. The van der Waals surface area contributed by atoms with Gasteiger partial charge in [-0.15, -0.1) is 0 Å². The van der Waals surface area contributed by atoms with Gasteiger partial charge in [0.05, 0.1) is 11.9 Å². The van der Waals surface area contributed by atoms with Gasteiger partial charge in [0, 0.05) is 5.92 Å².